The minimum absolute atomic E-state index is 0.178. The number of nitrogens with two attached hydrogens (primary N) is 1. The summed E-state index contributed by atoms with van der Waals surface area (Å²) in [5.41, 5.74) is 6.78. The van der Waals surface area contributed by atoms with Gasteiger partial charge in [-0.15, -0.1) is 0 Å². The van der Waals surface area contributed by atoms with Crippen molar-refractivity contribution >= 4 is 11.5 Å². The minimum atomic E-state index is -0.461. The quantitative estimate of drug-likeness (QED) is 0.666. The first kappa shape index (κ1) is 14.0. The topological polar surface area (TPSA) is 53.1 Å². The Balaban J connectivity index is 2.21. The Bertz CT molecular complexity index is 641. The summed E-state index contributed by atoms with van der Waals surface area (Å²) >= 11 is 0. The highest BCUT2D eigenvalue weighted by Crippen LogP contribution is 2.21. The van der Waals surface area contributed by atoms with Crippen molar-refractivity contribution in [3.05, 3.63) is 65.2 Å². The predicted molar refractivity (Wildman–Crippen MR) is 75.9 cm³/mol. The van der Waals surface area contributed by atoms with Crippen LogP contribution < -0.4 is 10.6 Å². The highest BCUT2D eigenvalue weighted by molar-refractivity contribution is 5.95. The van der Waals surface area contributed by atoms with E-state index in [0.717, 1.165) is 5.56 Å². The lowest BCUT2D eigenvalue weighted by atomic mass is 10.1. The van der Waals surface area contributed by atoms with Crippen molar-refractivity contribution < 1.29 is 8.78 Å². The molecule has 0 aromatic heterocycles. The van der Waals surface area contributed by atoms with E-state index in [-0.39, 0.29) is 11.7 Å². The maximum Gasteiger partial charge on any atom is 0.147 e. The second-order valence-corrected chi connectivity index (χ2v) is 4.57. The molecule has 0 aliphatic carbocycles. The Morgan fingerprint density at radius 3 is 2.55 bits per heavy atom. The smallest absolute Gasteiger partial charge is 0.147 e. The summed E-state index contributed by atoms with van der Waals surface area (Å²) in [7, 11) is 1.72. The normalized spacial score (nSPS) is 10.3. The maximum atomic E-state index is 14.0. The van der Waals surface area contributed by atoms with Crippen molar-refractivity contribution in [2.75, 3.05) is 11.9 Å². The van der Waals surface area contributed by atoms with Crippen molar-refractivity contribution in [1.29, 1.82) is 5.41 Å². The maximum absolute atomic E-state index is 14.0. The van der Waals surface area contributed by atoms with Crippen LogP contribution in [0.2, 0.25) is 0 Å². The lowest BCUT2D eigenvalue weighted by Crippen LogP contribution is -2.19. The van der Waals surface area contributed by atoms with Crippen LogP contribution in [0.15, 0.2) is 42.5 Å². The standard InChI is InChI=1S/C15H15F2N3/c1-20(9-10-3-2-4-12(16)7-10)14-6-5-11(15(18)19)8-13(14)17/h2-8H,9H2,1H3,(H3,18,19). The predicted octanol–water partition coefficient (Wildman–Crippen LogP) is 2.89. The molecule has 20 heavy (non-hydrogen) atoms. The van der Waals surface area contributed by atoms with Crippen LogP contribution in [0.4, 0.5) is 14.5 Å². The Labute approximate surface area is 116 Å². The van der Waals surface area contributed by atoms with E-state index in [1.165, 1.54) is 18.2 Å². The number of benzene rings is 2. The zero-order valence-corrected chi connectivity index (χ0v) is 11.0. The SMILES string of the molecule is CN(Cc1cccc(F)c1)c1ccc(C(=N)N)cc1F. The molecule has 0 amide bonds. The van der Waals surface area contributed by atoms with Gasteiger partial charge in [-0.2, -0.15) is 0 Å². The summed E-state index contributed by atoms with van der Waals surface area (Å²) in [6.07, 6.45) is 0. The molecule has 0 heterocycles. The average molecular weight is 275 g/mol. The van der Waals surface area contributed by atoms with Gasteiger partial charge in [-0.05, 0) is 35.9 Å². The Kier molecular flexibility index (Phi) is 3.98. The second-order valence-electron chi connectivity index (χ2n) is 4.57. The van der Waals surface area contributed by atoms with Crippen molar-refractivity contribution in [2.24, 2.45) is 5.73 Å². The molecule has 0 bridgehead atoms. The molecular formula is C15H15F2N3. The molecule has 5 heteroatoms. The van der Waals surface area contributed by atoms with Gasteiger partial charge in [-0.1, -0.05) is 12.1 Å². The fraction of sp³-hybridized carbons (Fsp3) is 0.133. The number of halogens is 2. The molecule has 0 atom stereocenters. The third-order valence-corrected chi connectivity index (χ3v) is 2.98. The highest BCUT2D eigenvalue weighted by Gasteiger charge is 2.10. The van der Waals surface area contributed by atoms with Gasteiger partial charge >= 0.3 is 0 Å². The van der Waals surface area contributed by atoms with Crippen LogP contribution in [0.25, 0.3) is 0 Å². The lowest BCUT2D eigenvalue weighted by molar-refractivity contribution is 0.619. The van der Waals surface area contributed by atoms with Crippen LogP contribution >= 0.6 is 0 Å². The van der Waals surface area contributed by atoms with Crippen molar-refractivity contribution in [2.45, 2.75) is 6.54 Å². The number of nitrogen functional groups attached to an aromatic ring is 1. The number of hydrogen-bond donors (Lipinski definition) is 2. The minimum Gasteiger partial charge on any atom is -0.384 e. The molecule has 0 unspecified atom stereocenters. The summed E-state index contributed by atoms with van der Waals surface area (Å²) in [6.45, 7) is 0.383. The van der Waals surface area contributed by atoms with Gasteiger partial charge in [0.05, 0.1) is 5.69 Å². The molecule has 3 N–H and O–H groups in total. The van der Waals surface area contributed by atoms with Crippen molar-refractivity contribution in [3.8, 4) is 0 Å². The van der Waals surface area contributed by atoms with E-state index in [1.807, 2.05) is 0 Å². The molecule has 104 valence electrons. The number of amidine groups is 1. The van der Waals surface area contributed by atoms with E-state index < -0.39 is 5.82 Å². The van der Waals surface area contributed by atoms with Gasteiger partial charge in [-0.3, -0.25) is 5.41 Å². The number of hydrogen-bond acceptors (Lipinski definition) is 2. The fourth-order valence-electron chi connectivity index (χ4n) is 1.98. The first-order valence-corrected chi connectivity index (χ1v) is 6.07. The second kappa shape index (κ2) is 5.69. The number of nitrogens with one attached hydrogen (secondary N) is 1. The van der Waals surface area contributed by atoms with Gasteiger partial charge in [0.1, 0.15) is 17.5 Å². The van der Waals surface area contributed by atoms with Crippen LogP contribution in [0, 0.1) is 17.0 Å². The molecule has 2 aromatic rings. The molecule has 2 rings (SSSR count). The van der Waals surface area contributed by atoms with Gasteiger partial charge < -0.3 is 10.6 Å². The summed E-state index contributed by atoms with van der Waals surface area (Å²) in [5, 5.41) is 7.27. The van der Waals surface area contributed by atoms with Crippen LogP contribution in [-0.2, 0) is 6.54 Å². The molecule has 0 saturated carbocycles. The van der Waals surface area contributed by atoms with Crippen molar-refractivity contribution in [1.82, 2.24) is 0 Å². The first-order chi connectivity index (χ1) is 9.47. The third-order valence-electron chi connectivity index (χ3n) is 2.98. The van der Waals surface area contributed by atoms with Crippen molar-refractivity contribution in [3.63, 3.8) is 0 Å². The zero-order valence-electron chi connectivity index (χ0n) is 11.0. The van der Waals surface area contributed by atoms with Gasteiger partial charge in [0.15, 0.2) is 0 Å². The molecule has 0 aliphatic rings. The summed E-state index contributed by atoms with van der Waals surface area (Å²) in [6, 6.07) is 10.5. The Morgan fingerprint density at radius 2 is 1.95 bits per heavy atom. The van der Waals surface area contributed by atoms with Crippen LogP contribution in [0.5, 0.6) is 0 Å². The largest absolute Gasteiger partial charge is 0.384 e. The molecule has 2 aromatic carbocycles. The summed E-state index contributed by atoms with van der Waals surface area (Å²) in [5.74, 6) is -0.955. The molecule has 0 saturated heterocycles. The molecular weight excluding hydrogens is 260 g/mol. The summed E-state index contributed by atoms with van der Waals surface area (Å²) < 4.78 is 27.1. The monoisotopic (exact) mass is 275 g/mol. The van der Waals surface area contributed by atoms with E-state index in [2.05, 4.69) is 0 Å². The Hall–Kier alpha value is -2.43. The Morgan fingerprint density at radius 1 is 1.20 bits per heavy atom. The number of nitrogens with zero attached hydrogens (tertiary/aromatic N) is 1. The van der Waals surface area contributed by atoms with Crippen LogP contribution in [0.3, 0.4) is 0 Å². The molecule has 3 nitrogen and oxygen atoms in total. The molecule has 0 aliphatic heterocycles. The van der Waals surface area contributed by atoms with Gasteiger partial charge in [-0.25, -0.2) is 8.78 Å². The lowest BCUT2D eigenvalue weighted by Gasteiger charge is -2.20. The van der Waals surface area contributed by atoms with Crippen LogP contribution in [-0.4, -0.2) is 12.9 Å². The number of rotatable bonds is 4. The summed E-state index contributed by atoms with van der Waals surface area (Å²) in [4.78, 5) is 1.67. The van der Waals surface area contributed by atoms with E-state index in [4.69, 9.17) is 11.1 Å². The van der Waals surface area contributed by atoms with Gasteiger partial charge in [0, 0.05) is 19.2 Å². The van der Waals surface area contributed by atoms with E-state index in [1.54, 1.807) is 36.2 Å². The first-order valence-electron chi connectivity index (χ1n) is 6.07. The fourth-order valence-corrected chi connectivity index (χ4v) is 1.98. The zero-order chi connectivity index (χ0) is 14.7. The van der Waals surface area contributed by atoms with E-state index in [9.17, 15) is 8.78 Å². The number of anilines is 1. The average Bonchev–Trinajstić information content (AvgIpc) is 2.38. The molecule has 0 spiro atoms. The van der Waals surface area contributed by atoms with E-state index in [0.29, 0.717) is 17.8 Å². The van der Waals surface area contributed by atoms with Crippen LogP contribution in [0.1, 0.15) is 11.1 Å². The highest BCUT2D eigenvalue weighted by atomic mass is 19.1. The van der Waals surface area contributed by atoms with Gasteiger partial charge in [0.25, 0.3) is 0 Å². The molecule has 0 radical (unpaired) electrons. The van der Waals surface area contributed by atoms with Gasteiger partial charge in [0.2, 0.25) is 0 Å². The van der Waals surface area contributed by atoms with E-state index >= 15 is 0 Å². The molecule has 0 fully saturated rings. The third kappa shape index (κ3) is 3.12.